The van der Waals surface area contributed by atoms with E-state index in [2.05, 4.69) is 5.32 Å². The zero-order chi connectivity index (χ0) is 20.6. The van der Waals surface area contributed by atoms with Crippen LogP contribution in [-0.4, -0.2) is 39.1 Å². The van der Waals surface area contributed by atoms with E-state index in [-0.39, 0.29) is 24.0 Å². The Bertz CT molecular complexity index is 1060. The van der Waals surface area contributed by atoms with Gasteiger partial charge in [0, 0.05) is 30.9 Å². The van der Waals surface area contributed by atoms with Crippen molar-refractivity contribution in [1.29, 1.82) is 0 Å². The van der Waals surface area contributed by atoms with Gasteiger partial charge in [0.25, 0.3) is 0 Å². The predicted octanol–water partition coefficient (Wildman–Crippen LogP) is 2.87. The van der Waals surface area contributed by atoms with Crippen LogP contribution in [0.15, 0.2) is 48.5 Å². The lowest BCUT2D eigenvalue weighted by Gasteiger charge is -2.20. The lowest BCUT2D eigenvalue weighted by molar-refractivity contribution is -0.122. The maximum Gasteiger partial charge on any atom is 0.235 e. The zero-order valence-corrected chi connectivity index (χ0v) is 17.1. The summed E-state index contributed by atoms with van der Waals surface area (Å²) in [6.07, 6.45) is 0.663. The van der Waals surface area contributed by atoms with Crippen LogP contribution in [0.4, 0.5) is 17.1 Å². The number of carbonyl (C=O) groups is 2. The third-order valence-electron chi connectivity index (χ3n) is 5.15. The summed E-state index contributed by atoms with van der Waals surface area (Å²) >= 11 is 6.20. The first kappa shape index (κ1) is 19.7. The molecule has 2 saturated heterocycles. The second kappa shape index (κ2) is 7.68. The Labute approximate surface area is 174 Å². The molecule has 2 heterocycles. The van der Waals surface area contributed by atoms with Crippen molar-refractivity contribution in [3.8, 4) is 0 Å². The fraction of sp³-hybridized carbons (Fsp3) is 0.300. The Balaban J connectivity index is 1.49. The number of nitrogens with one attached hydrogen (secondary N) is 1. The quantitative estimate of drug-likeness (QED) is 0.803. The van der Waals surface area contributed by atoms with Crippen molar-refractivity contribution in [3.05, 3.63) is 53.6 Å². The molecule has 2 aromatic rings. The highest BCUT2D eigenvalue weighted by Gasteiger charge is 2.35. The Hall–Kier alpha value is -2.58. The second-order valence-electron chi connectivity index (χ2n) is 7.14. The van der Waals surface area contributed by atoms with Gasteiger partial charge in [0.1, 0.15) is 0 Å². The number of hydrogen-bond acceptors (Lipinski definition) is 4. The van der Waals surface area contributed by atoms with Crippen LogP contribution in [0.3, 0.4) is 0 Å². The molecule has 1 N–H and O–H groups in total. The van der Waals surface area contributed by atoms with Gasteiger partial charge >= 0.3 is 0 Å². The zero-order valence-electron chi connectivity index (χ0n) is 15.5. The molecule has 2 aliphatic rings. The summed E-state index contributed by atoms with van der Waals surface area (Å²) < 4.78 is 25.7. The highest BCUT2D eigenvalue weighted by molar-refractivity contribution is 7.93. The van der Waals surface area contributed by atoms with Crippen molar-refractivity contribution in [2.45, 2.75) is 12.8 Å². The first-order chi connectivity index (χ1) is 13.8. The Kier molecular flexibility index (Phi) is 5.23. The molecule has 2 amide bonds. The first-order valence-electron chi connectivity index (χ1n) is 9.31. The summed E-state index contributed by atoms with van der Waals surface area (Å²) in [5.74, 6) is -0.789. The van der Waals surface area contributed by atoms with Crippen molar-refractivity contribution in [2.75, 3.05) is 33.4 Å². The van der Waals surface area contributed by atoms with Gasteiger partial charge in [-0.25, -0.2) is 8.42 Å². The molecule has 7 nitrogen and oxygen atoms in total. The van der Waals surface area contributed by atoms with Crippen LogP contribution in [0.2, 0.25) is 5.02 Å². The van der Waals surface area contributed by atoms with Gasteiger partial charge in [-0.15, -0.1) is 0 Å². The van der Waals surface area contributed by atoms with Crippen molar-refractivity contribution >= 4 is 50.5 Å². The van der Waals surface area contributed by atoms with Gasteiger partial charge in [-0.3, -0.25) is 13.9 Å². The normalized spacial score (nSPS) is 20.9. The molecule has 2 fully saturated rings. The van der Waals surface area contributed by atoms with E-state index < -0.39 is 15.9 Å². The van der Waals surface area contributed by atoms with Crippen molar-refractivity contribution < 1.29 is 18.0 Å². The van der Waals surface area contributed by atoms with E-state index >= 15 is 0 Å². The minimum atomic E-state index is -3.38. The Morgan fingerprint density at radius 3 is 2.59 bits per heavy atom. The molecule has 2 aromatic carbocycles. The summed E-state index contributed by atoms with van der Waals surface area (Å²) in [6.45, 7) is 0.665. The molecule has 0 aromatic heterocycles. The number of nitrogens with zero attached hydrogens (tertiary/aromatic N) is 2. The lowest BCUT2D eigenvalue weighted by Crippen LogP contribution is -2.28. The number of hydrogen-bond donors (Lipinski definition) is 1. The minimum Gasteiger partial charge on any atom is -0.326 e. The van der Waals surface area contributed by atoms with Crippen LogP contribution in [0.5, 0.6) is 0 Å². The maximum absolute atomic E-state index is 12.7. The maximum atomic E-state index is 12.7. The molecular weight excluding hydrogens is 414 g/mol. The SMILES string of the molecule is O=C(Nc1ccc(Cl)c(N2CCCS2(=O)=O)c1)C1CC(=O)N(c2ccccc2)C1. The van der Waals surface area contributed by atoms with Crippen molar-refractivity contribution in [1.82, 2.24) is 0 Å². The third kappa shape index (κ3) is 3.95. The molecular formula is C20H20ClN3O4S. The van der Waals surface area contributed by atoms with E-state index in [9.17, 15) is 18.0 Å². The average Bonchev–Trinajstić information content (AvgIpc) is 3.26. The first-order valence-corrected chi connectivity index (χ1v) is 11.3. The molecule has 1 unspecified atom stereocenters. The molecule has 0 saturated carbocycles. The molecule has 0 radical (unpaired) electrons. The molecule has 152 valence electrons. The Morgan fingerprint density at radius 1 is 1.14 bits per heavy atom. The topological polar surface area (TPSA) is 86.8 Å². The van der Waals surface area contributed by atoms with Crippen LogP contribution >= 0.6 is 11.6 Å². The fourth-order valence-electron chi connectivity index (χ4n) is 3.68. The third-order valence-corrected chi connectivity index (χ3v) is 7.32. The average molecular weight is 434 g/mol. The lowest BCUT2D eigenvalue weighted by atomic mass is 10.1. The summed E-state index contributed by atoms with van der Waals surface area (Å²) in [6, 6.07) is 14.0. The van der Waals surface area contributed by atoms with E-state index in [1.165, 1.54) is 4.31 Å². The number of para-hydroxylation sites is 1. The number of halogens is 1. The Morgan fingerprint density at radius 2 is 1.90 bits per heavy atom. The molecule has 9 heteroatoms. The van der Waals surface area contributed by atoms with E-state index in [1.807, 2.05) is 30.3 Å². The van der Waals surface area contributed by atoms with Gasteiger partial charge in [0.15, 0.2) is 0 Å². The summed E-state index contributed by atoms with van der Waals surface area (Å²) in [5.41, 5.74) is 1.57. The fourth-order valence-corrected chi connectivity index (χ4v) is 5.52. The number of sulfonamides is 1. The second-order valence-corrected chi connectivity index (χ2v) is 9.56. The van der Waals surface area contributed by atoms with E-state index in [4.69, 9.17) is 11.6 Å². The molecule has 4 rings (SSSR count). The monoisotopic (exact) mass is 433 g/mol. The number of carbonyl (C=O) groups excluding carboxylic acids is 2. The number of anilines is 3. The van der Waals surface area contributed by atoms with Crippen LogP contribution in [0.25, 0.3) is 0 Å². The van der Waals surface area contributed by atoms with Gasteiger partial charge < -0.3 is 10.2 Å². The molecule has 2 aliphatic heterocycles. The van der Waals surface area contributed by atoms with E-state index in [0.29, 0.717) is 35.9 Å². The minimum absolute atomic E-state index is 0.0828. The highest BCUT2D eigenvalue weighted by Crippen LogP contribution is 2.34. The molecule has 0 aliphatic carbocycles. The number of benzene rings is 2. The summed E-state index contributed by atoms with van der Waals surface area (Å²) in [4.78, 5) is 26.7. The standard InChI is InChI=1S/C20H20ClN3O4S/c21-17-8-7-15(12-18(17)24-9-4-10-29(24,27)28)22-20(26)14-11-19(25)23(13-14)16-5-2-1-3-6-16/h1-3,5-8,12,14H,4,9-11,13H2,(H,22,26). The van der Waals surface area contributed by atoms with Gasteiger partial charge in [-0.1, -0.05) is 29.8 Å². The summed E-state index contributed by atoms with van der Waals surface area (Å²) in [7, 11) is -3.38. The molecule has 1 atom stereocenters. The molecule has 29 heavy (non-hydrogen) atoms. The van der Waals surface area contributed by atoms with Gasteiger partial charge in [0.05, 0.1) is 22.4 Å². The smallest absolute Gasteiger partial charge is 0.235 e. The number of rotatable bonds is 4. The van der Waals surface area contributed by atoms with Gasteiger partial charge in [0.2, 0.25) is 21.8 Å². The van der Waals surface area contributed by atoms with Crippen molar-refractivity contribution in [2.24, 2.45) is 5.92 Å². The van der Waals surface area contributed by atoms with Gasteiger partial charge in [-0.05, 0) is 36.8 Å². The van der Waals surface area contributed by atoms with Crippen LogP contribution < -0.4 is 14.5 Å². The predicted molar refractivity (Wildman–Crippen MR) is 113 cm³/mol. The highest BCUT2D eigenvalue weighted by atomic mass is 35.5. The van der Waals surface area contributed by atoms with Crippen molar-refractivity contribution in [3.63, 3.8) is 0 Å². The van der Waals surface area contributed by atoms with Crippen LogP contribution in [-0.2, 0) is 19.6 Å². The molecule has 0 bridgehead atoms. The summed E-state index contributed by atoms with van der Waals surface area (Å²) in [5, 5.41) is 3.10. The van der Waals surface area contributed by atoms with E-state index in [1.54, 1.807) is 23.1 Å². The largest absolute Gasteiger partial charge is 0.326 e. The van der Waals surface area contributed by atoms with Crippen LogP contribution in [0, 0.1) is 5.92 Å². The van der Waals surface area contributed by atoms with Gasteiger partial charge in [-0.2, -0.15) is 0 Å². The number of amides is 2. The van der Waals surface area contributed by atoms with E-state index in [0.717, 1.165) is 5.69 Å². The molecule has 0 spiro atoms. The van der Waals surface area contributed by atoms with Crippen LogP contribution in [0.1, 0.15) is 12.8 Å².